The van der Waals surface area contributed by atoms with Gasteiger partial charge in [0.15, 0.2) is 5.16 Å². The highest BCUT2D eigenvalue weighted by atomic mass is 32.2. The van der Waals surface area contributed by atoms with Crippen LogP contribution in [0.25, 0.3) is 10.2 Å². The molecule has 8 heteroatoms. The molecule has 1 fully saturated rings. The molecule has 2 aromatic heterocycles. The van der Waals surface area contributed by atoms with Gasteiger partial charge < -0.3 is 9.64 Å². The summed E-state index contributed by atoms with van der Waals surface area (Å²) in [5.74, 6) is 0.332. The van der Waals surface area contributed by atoms with Gasteiger partial charge in [0.2, 0.25) is 5.91 Å². The van der Waals surface area contributed by atoms with Crippen molar-refractivity contribution in [3.05, 3.63) is 20.8 Å². The zero-order valence-electron chi connectivity index (χ0n) is 16.7. The minimum atomic E-state index is -0.0185. The summed E-state index contributed by atoms with van der Waals surface area (Å²) in [6.07, 6.45) is 0.0891. The Balaban J connectivity index is 1.87. The summed E-state index contributed by atoms with van der Waals surface area (Å²) < 4.78 is 7.41. The van der Waals surface area contributed by atoms with Crippen molar-refractivity contribution in [2.24, 2.45) is 0 Å². The molecule has 0 aromatic carbocycles. The quantitative estimate of drug-likeness (QED) is 0.572. The first-order chi connectivity index (χ1) is 12.7. The molecule has 0 N–H and O–H groups in total. The molecule has 27 heavy (non-hydrogen) atoms. The van der Waals surface area contributed by atoms with E-state index < -0.39 is 0 Å². The number of amides is 1. The molecular weight excluding hydrogens is 382 g/mol. The summed E-state index contributed by atoms with van der Waals surface area (Å²) >= 11 is 2.89. The maximum absolute atomic E-state index is 13.1. The van der Waals surface area contributed by atoms with Crippen molar-refractivity contribution in [1.82, 2.24) is 14.5 Å². The number of rotatable bonds is 4. The molecule has 6 nitrogen and oxygen atoms in total. The molecule has 1 aliphatic rings. The van der Waals surface area contributed by atoms with E-state index >= 15 is 0 Å². The van der Waals surface area contributed by atoms with E-state index in [4.69, 9.17) is 9.72 Å². The smallest absolute Gasteiger partial charge is 0.263 e. The number of aromatic nitrogens is 2. The Labute approximate surface area is 167 Å². The standard InChI is InChI=1S/C19H27N3O3S2/c1-10(2)22-18(24)16-13(5)14(6)27-17(16)20-19(22)26-9-15(23)21-7-11(3)25-12(4)8-21/h10-12H,7-9H2,1-6H3. The van der Waals surface area contributed by atoms with Crippen LogP contribution in [0.5, 0.6) is 0 Å². The SMILES string of the molecule is Cc1sc2nc(SCC(=O)N3CC(C)OC(C)C3)n(C(C)C)c(=O)c2c1C. The molecule has 2 atom stereocenters. The zero-order chi connectivity index (χ0) is 19.9. The fourth-order valence-electron chi connectivity index (χ4n) is 3.44. The zero-order valence-corrected chi connectivity index (χ0v) is 18.4. The molecule has 1 amide bonds. The van der Waals surface area contributed by atoms with Crippen LogP contribution in [-0.2, 0) is 9.53 Å². The Kier molecular flexibility index (Phi) is 5.98. The number of fused-ring (bicyclic) bond motifs is 1. The molecule has 2 aromatic rings. The maximum Gasteiger partial charge on any atom is 0.263 e. The molecular formula is C19H27N3O3S2. The number of hydrogen-bond donors (Lipinski definition) is 0. The van der Waals surface area contributed by atoms with Crippen molar-refractivity contribution in [3.63, 3.8) is 0 Å². The van der Waals surface area contributed by atoms with Crippen molar-refractivity contribution in [2.75, 3.05) is 18.8 Å². The van der Waals surface area contributed by atoms with Gasteiger partial charge in [-0.15, -0.1) is 11.3 Å². The largest absolute Gasteiger partial charge is 0.372 e. The van der Waals surface area contributed by atoms with Crippen molar-refractivity contribution >= 4 is 39.2 Å². The normalized spacial score (nSPS) is 20.6. The van der Waals surface area contributed by atoms with Crippen LogP contribution in [0.4, 0.5) is 0 Å². The van der Waals surface area contributed by atoms with Crippen LogP contribution in [-0.4, -0.2) is 51.4 Å². The molecule has 0 aliphatic carbocycles. The number of ether oxygens (including phenoxy) is 1. The van der Waals surface area contributed by atoms with Crippen LogP contribution in [0.3, 0.4) is 0 Å². The molecule has 0 spiro atoms. The minimum absolute atomic E-state index is 0.0135. The summed E-state index contributed by atoms with van der Waals surface area (Å²) in [4.78, 5) is 34.2. The maximum atomic E-state index is 13.1. The van der Waals surface area contributed by atoms with E-state index in [2.05, 4.69) is 0 Å². The Morgan fingerprint density at radius 1 is 1.30 bits per heavy atom. The van der Waals surface area contributed by atoms with Crippen LogP contribution in [0.15, 0.2) is 9.95 Å². The van der Waals surface area contributed by atoms with E-state index in [0.717, 1.165) is 15.3 Å². The van der Waals surface area contributed by atoms with E-state index in [9.17, 15) is 9.59 Å². The van der Waals surface area contributed by atoms with E-state index in [0.29, 0.717) is 23.6 Å². The molecule has 1 aliphatic heterocycles. The van der Waals surface area contributed by atoms with Gasteiger partial charge in [-0.1, -0.05) is 11.8 Å². The van der Waals surface area contributed by atoms with Gasteiger partial charge in [0.1, 0.15) is 4.83 Å². The van der Waals surface area contributed by atoms with Crippen LogP contribution in [0.2, 0.25) is 0 Å². The molecule has 1 saturated heterocycles. The lowest BCUT2D eigenvalue weighted by atomic mass is 10.2. The first-order valence-corrected chi connectivity index (χ1v) is 11.1. The van der Waals surface area contributed by atoms with E-state index in [1.807, 2.05) is 46.4 Å². The number of hydrogen-bond acceptors (Lipinski definition) is 6. The highest BCUT2D eigenvalue weighted by Gasteiger charge is 2.26. The lowest BCUT2D eigenvalue weighted by Crippen LogP contribution is -2.48. The molecule has 0 saturated carbocycles. The Bertz CT molecular complexity index is 909. The summed E-state index contributed by atoms with van der Waals surface area (Å²) in [6, 6.07) is -0.0185. The van der Waals surface area contributed by atoms with Gasteiger partial charge in [0, 0.05) is 24.0 Å². The third-order valence-electron chi connectivity index (χ3n) is 4.82. The summed E-state index contributed by atoms with van der Waals surface area (Å²) in [6.45, 7) is 13.1. The first-order valence-electron chi connectivity index (χ1n) is 9.27. The van der Waals surface area contributed by atoms with Crippen molar-refractivity contribution in [2.45, 2.75) is 64.9 Å². The fourth-order valence-corrected chi connectivity index (χ4v) is 5.55. The second-order valence-corrected chi connectivity index (χ2v) is 9.62. The van der Waals surface area contributed by atoms with Crippen LogP contribution in [0, 0.1) is 13.8 Å². The van der Waals surface area contributed by atoms with Crippen molar-refractivity contribution < 1.29 is 9.53 Å². The average Bonchev–Trinajstić information content (AvgIpc) is 2.85. The molecule has 148 valence electrons. The number of carbonyl (C=O) groups excluding carboxylic acids is 1. The van der Waals surface area contributed by atoms with Crippen LogP contribution >= 0.6 is 23.1 Å². The molecule has 0 bridgehead atoms. The Hall–Kier alpha value is -1.38. The van der Waals surface area contributed by atoms with Gasteiger partial charge in [-0.3, -0.25) is 14.2 Å². The predicted octanol–water partition coefficient (Wildman–Crippen LogP) is 3.38. The lowest BCUT2D eigenvalue weighted by Gasteiger charge is -2.35. The van der Waals surface area contributed by atoms with Gasteiger partial charge in [0.05, 0.1) is 23.3 Å². The third-order valence-corrected chi connectivity index (χ3v) is 6.85. The van der Waals surface area contributed by atoms with Gasteiger partial charge in [-0.05, 0) is 47.1 Å². The predicted molar refractivity (Wildman–Crippen MR) is 111 cm³/mol. The summed E-state index contributed by atoms with van der Waals surface area (Å²) in [5, 5.41) is 1.32. The number of carbonyl (C=O) groups is 1. The van der Waals surface area contributed by atoms with Gasteiger partial charge in [0.25, 0.3) is 5.56 Å². The number of thiophene rings is 1. The van der Waals surface area contributed by atoms with Gasteiger partial charge >= 0.3 is 0 Å². The van der Waals surface area contributed by atoms with Crippen molar-refractivity contribution in [3.8, 4) is 0 Å². The van der Waals surface area contributed by atoms with E-state index in [-0.39, 0.29) is 35.5 Å². The molecule has 2 unspecified atom stereocenters. The lowest BCUT2D eigenvalue weighted by molar-refractivity contribution is -0.140. The second kappa shape index (κ2) is 7.93. The monoisotopic (exact) mass is 409 g/mol. The molecule has 3 heterocycles. The van der Waals surface area contributed by atoms with Crippen LogP contribution < -0.4 is 5.56 Å². The van der Waals surface area contributed by atoms with Gasteiger partial charge in [-0.25, -0.2) is 4.98 Å². The van der Waals surface area contributed by atoms with E-state index in [1.165, 1.54) is 11.8 Å². The Morgan fingerprint density at radius 3 is 2.52 bits per heavy atom. The van der Waals surface area contributed by atoms with Crippen LogP contribution in [0.1, 0.15) is 44.2 Å². The minimum Gasteiger partial charge on any atom is -0.372 e. The summed E-state index contributed by atoms with van der Waals surface area (Å²) in [7, 11) is 0. The first kappa shape index (κ1) is 20.4. The molecule has 0 radical (unpaired) electrons. The highest BCUT2D eigenvalue weighted by molar-refractivity contribution is 7.99. The van der Waals surface area contributed by atoms with Gasteiger partial charge in [-0.2, -0.15) is 0 Å². The number of nitrogens with zero attached hydrogens (tertiary/aromatic N) is 3. The highest BCUT2D eigenvalue weighted by Crippen LogP contribution is 2.29. The Morgan fingerprint density at radius 2 is 1.93 bits per heavy atom. The summed E-state index contributed by atoms with van der Waals surface area (Å²) in [5.41, 5.74) is 0.992. The topological polar surface area (TPSA) is 64.4 Å². The average molecular weight is 410 g/mol. The number of thioether (sulfide) groups is 1. The third kappa shape index (κ3) is 4.07. The fraction of sp³-hybridized carbons (Fsp3) is 0.632. The number of morpholine rings is 1. The molecule has 3 rings (SSSR count). The second-order valence-electron chi connectivity index (χ2n) is 7.47. The number of aryl methyl sites for hydroxylation is 2. The van der Waals surface area contributed by atoms with Crippen molar-refractivity contribution in [1.29, 1.82) is 0 Å². The van der Waals surface area contributed by atoms with E-state index in [1.54, 1.807) is 15.9 Å².